The van der Waals surface area contributed by atoms with E-state index < -0.39 is 15.7 Å². The zero-order valence-corrected chi connectivity index (χ0v) is 12.3. The minimum atomic E-state index is -3.61. The fourth-order valence-corrected chi connectivity index (χ4v) is 3.93. The van der Waals surface area contributed by atoms with Crippen LogP contribution in [0.5, 0.6) is 0 Å². The van der Waals surface area contributed by atoms with Crippen LogP contribution in [0.4, 0.5) is 10.1 Å². The normalized spacial score (nSPS) is 11.6. The molecule has 0 unspecified atom stereocenters. The third-order valence-electron chi connectivity index (χ3n) is 2.94. The number of nitrogen functional groups attached to an aromatic ring is 1. The van der Waals surface area contributed by atoms with Crippen LogP contribution in [0, 0.1) is 12.7 Å². The Morgan fingerprint density at radius 2 is 1.90 bits per heavy atom. The van der Waals surface area contributed by atoms with Gasteiger partial charge in [-0.05, 0) is 48.4 Å². The van der Waals surface area contributed by atoms with E-state index in [1.807, 2.05) is 0 Å². The van der Waals surface area contributed by atoms with E-state index in [0.29, 0.717) is 16.8 Å². The molecule has 0 amide bonds. The molecule has 0 saturated heterocycles. The van der Waals surface area contributed by atoms with Gasteiger partial charge in [0.1, 0.15) is 5.82 Å². The van der Waals surface area contributed by atoms with Gasteiger partial charge in [0.05, 0.1) is 15.7 Å². The molecule has 0 bridgehead atoms. The Kier molecular flexibility index (Phi) is 4.01. The molecule has 106 valence electrons. The Morgan fingerprint density at radius 3 is 2.50 bits per heavy atom. The molecule has 0 aliphatic heterocycles. The largest absolute Gasteiger partial charge is 0.399 e. The van der Waals surface area contributed by atoms with E-state index in [9.17, 15) is 12.8 Å². The van der Waals surface area contributed by atoms with Crippen molar-refractivity contribution in [1.29, 1.82) is 0 Å². The minimum Gasteiger partial charge on any atom is -0.399 e. The van der Waals surface area contributed by atoms with Crippen LogP contribution in [0.2, 0.25) is 5.02 Å². The number of rotatable bonds is 3. The van der Waals surface area contributed by atoms with Crippen molar-refractivity contribution in [3.63, 3.8) is 0 Å². The van der Waals surface area contributed by atoms with Crippen molar-refractivity contribution in [3.05, 3.63) is 58.4 Å². The molecule has 20 heavy (non-hydrogen) atoms. The number of nitrogens with two attached hydrogens (primary N) is 1. The van der Waals surface area contributed by atoms with Crippen molar-refractivity contribution < 1.29 is 12.8 Å². The van der Waals surface area contributed by atoms with E-state index >= 15 is 0 Å². The molecule has 0 spiro atoms. The van der Waals surface area contributed by atoms with Gasteiger partial charge in [0, 0.05) is 5.69 Å². The molecule has 0 aromatic heterocycles. The van der Waals surface area contributed by atoms with Gasteiger partial charge < -0.3 is 5.73 Å². The highest BCUT2D eigenvalue weighted by atomic mass is 35.5. The van der Waals surface area contributed by atoms with E-state index in [4.69, 9.17) is 17.3 Å². The Bertz CT molecular complexity index is 760. The van der Waals surface area contributed by atoms with Crippen LogP contribution in [-0.2, 0) is 15.6 Å². The van der Waals surface area contributed by atoms with E-state index in [-0.39, 0.29) is 15.7 Å². The summed E-state index contributed by atoms with van der Waals surface area (Å²) in [5, 5.41) is 0.0877. The molecule has 0 radical (unpaired) electrons. The fraction of sp³-hybridized carbons (Fsp3) is 0.143. The highest BCUT2D eigenvalue weighted by Gasteiger charge is 2.20. The number of sulfone groups is 1. The number of benzene rings is 2. The van der Waals surface area contributed by atoms with Crippen LogP contribution in [0.25, 0.3) is 0 Å². The summed E-state index contributed by atoms with van der Waals surface area (Å²) in [5.74, 6) is -0.628. The zero-order chi connectivity index (χ0) is 14.9. The molecule has 6 heteroatoms. The second kappa shape index (κ2) is 5.42. The second-order valence-electron chi connectivity index (χ2n) is 4.52. The summed E-state index contributed by atoms with van der Waals surface area (Å²) in [7, 11) is -3.61. The van der Waals surface area contributed by atoms with Crippen molar-refractivity contribution in [2.24, 2.45) is 0 Å². The maximum Gasteiger partial charge on any atom is 0.183 e. The lowest BCUT2D eigenvalue weighted by molar-refractivity contribution is 0.594. The predicted molar refractivity (Wildman–Crippen MR) is 77.9 cm³/mol. The molecular weight excluding hydrogens is 301 g/mol. The molecule has 0 fully saturated rings. The van der Waals surface area contributed by atoms with E-state index in [0.717, 1.165) is 0 Å². The summed E-state index contributed by atoms with van der Waals surface area (Å²) in [6.07, 6.45) is 0. The lowest BCUT2D eigenvalue weighted by Crippen LogP contribution is -2.07. The summed E-state index contributed by atoms with van der Waals surface area (Å²) in [4.78, 5) is 0.0251. The summed E-state index contributed by atoms with van der Waals surface area (Å²) < 4.78 is 37.7. The molecule has 0 aliphatic rings. The van der Waals surface area contributed by atoms with Crippen molar-refractivity contribution in [3.8, 4) is 0 Å². The van der Waals surface area contributed by atoms with Crippen LogP contribution in [0.15, 0.2) is 41.3 Å². The third-order valence-corrected chi connectivity index (χ3v) is 5.08. The first-order valence-corrected chi connectivity index (χ1v) is 7.85. The lowest BCUT2D eigenvalue weighted by atomic mass is 10.1. The summed E-state index contributed by atoms with van der Waals surface area (Å²) >= 11 is 5.93. The Labute approximate surface area is 122 Å². The quantitative estimate of drug-likeness (QED) is 0.884. The minimum absolute atomic E-state index is 0.0251. The van der Waals surface area contributed by atoms with Gasteiger partial charge in [-0.3, -0.25) is 0 Å². The topological polar surface area (TPSA) is 60.2 Å². The summed E-state index contributed by atoms with van der Waals surface area (Å²) in [5.41, 5.74) is 7.06. The van der Waals surface area contributed by atoms with Crippen LogP contribution in [-0.4, -0.2) is 8.42 Å². The third kappa shape index (κ3) is 3.11. The zero-order valence-electron chi connectivity index (χ0n) is 10.7. The SMILES string of the molecule is Cc1cc(F)ccc1CS(=O)(=O)c1ccc(N)cc1Cl. The smallest absolute Gasteiger partial charge is 0.183 e. The highest BCUT2D eigenvalue weighted by molar-refractivity contribution is 7.90. The van der Waals surface area contributed by atoms with Gasteiger partial charge in [-0.15, -0.1) is 0 Å². The number of hydrogen-bond donors (Lipinski definition) is 1. The van der Waals surface area contributed by atoms with Crippen molar-refractivity contribution in [2.45, 2.75) is 17.6 Å². The Morgan fingerprint density at radius 1 is 1.20 bits per heavy atom. The Hall–Kier alpha value is -1.59. The monoisotopic (exact) mass is 313 g/mol. The van der Waals surface area contributed by atoms with E-state index in [2.05, 4.69) is 0 Å². The number of halogens is 2. The summed E-state index contributed by atoms with van der Waals surface area (Å²) in [6, 6.07) is 8.26. The molecule has 0 atom stereocenters. The average Bonchev–Trinajstić information content (AvgIpc) is 2.32. The number of hydrogen-bond acceptors (Lipinski definition) is 3. The van der Waals surface area contributed by atoms with E-state index in [1.165, 1.54) is 36.4 Å². The van der Waals surface area contributed by atoms with Gasteiger partial charge >= 0.3 is 0 Å². The van der Waals surface area contributed by atoms with Gasteiger partial charge in [0.2, 0.25) is 0 Å². The predicted octanol–water partition coefficient (Wildman–Crippen LogP) is 3.34. The molecule has 2 rings (SSSR count). The van der Waals surface area contributed by atoms with Crippen LogP contribution < -0.4 is 5.73 Å². The standard InChI is InChI=1S/C14H13ClFNO2S/c1-9-6-11(16)3-2-10(9)8-20(18,19)14-5-4-12(17)7-13(14)15/h2-7H,8,17H2,1H3. The van der Waals surface area contributed by atoms with Crippen LogP contribution in [0.1, 0.15) is 11.1 Å². The lowest BCUT2D eigenvalue weighted by Gasteiger charge is -2.09. The van der Waals surface area contributed by atoms with Crippen molar-refractivity contribution in [1.82, 2.24) is 0 Å². The van der Waals surface area contributed by atoms with Crippen LogP contribution >= 0.6 is 11.6 Å². The van der Waals surface area contributed by atoms with Gasteiger partial charge in [-0.25, -0.2) is 12.8 Å². The molecule has 0 saturated carbocycles. The molecule has 2 aromatic carbocycles. The molecular formula is C14H13ClFNO2S. The number of aryl methyl sites for hydroxylation is 1. The van der Waals surface area contributed by atoms with Gasteiger partial charge in [0.25, 0.3) is 0 Å². The van der Waals surface area contributed by atoms with Gasteiger partial charge in [-0.1, -0.05) is 17.7 Å². The Balaban J connectivity index is 2.41. The van der Waals surface area contributed by atoms with Crippen molar-refractivity contribution >= 4 is 27.1 Å². The molecule has 2 aromatic rings. The van der Waals surface area contributed by atoms with Gasteiger partial charge in [0.15, 0.2) is 9.84 Å². The maximum absolute atomic E-state index is 13.0. The van der Waals surface area contributed by atoms with Crippen LogP contribution in [0.3, 0.4) is 0 Å². The van der Waals surface area contributed by atoms with Crippen molar-refractivity contribution in [2.75, 3.05) is 5.73 Å². The molecule has 2 N–H and O–H groups in total. The first-order chi connectivity index (χ1) is 9.29. The fourth-order valence-electron chi connectivity index (χ4n) is 1.87. The average molecular weight is 314 g/mol. The highest BCUT2D eigenvalue weighted by Crippen LogP contribution is 2.27. The summed E-state index contributed by atoms with van der Waals surface area (Å²) in [6.45, 7) is 1.67. The first-order valence-electron chi connectivity index (χ1n) is 5.82. The molecule has 0 aliphatic carbocycles. The molecule has 3 nitrogen and oxygen atoms in total. The van der Waals surface area contributed by atoms with Gasteiger partial charge in [-0.2, -0.15) is 0 Å². The van der Waals surface area contributed by atoms with E-state index in [1.54, 1.807) is 6.92 Å². The maximum atomic E-state index is 13.0. The number of anilines is 1. The molecule has 0 heterocycles. The second-order valence-corrected chi connectivity index (χ2v) is 6.88. The first kappa shape index (κ1) is 14.8.